The van der Waals surface area contributed by atoms with Crippen molar-refractivity contribution in [1.82, 2.24) is 10.0 Å². The Kier molecular flexibility index (Phi) is 13.6. The Balaban J connectivity index is 1.08. The van der Waals surface area contributed by atoms with Crippen LogP contribution in [0.2, 0.25) is 0 Å². The zero-order valence-corrected chi connectivity index (χ0v) is 34.2. The van der Waals surface area contributed by atoms with Gasteiger partial charge in [0.2, 0.25) is 15.9 Å². The van der Waals surface area contributed by atoms with E-state index in [0.29, 0.717) is 0 Å². The van der Waals surface area contributed by atoms with E-state index >= 15 is 0 Å². The first-order valence-corrected chi connectivity index (χ1v) is 21.9. The molecule has 58 heavy (non-hydrogen) atoms. The molecule has 6 aromatic carbocycles. The number of carbonyl (C=O) groups excluding carboxylic acids is 1. The molecule has 0 aliphatic carbocycles. The lowest BCUT2D eigenvalue weighted by molar-refractivity contribution is -0.268. The van der Waals surface area contributed by atoms with E-state index in [1.165, 1.54) is 4.90 Å². The maximum atomic E-state index is 13.7. The molecule has 1 fully saturated rings. The van der Waals surface area contributed by atoms with Crippen molar-refractivity contribution in [1.29, 1.82) is 0 Å². The van der Waals surface area contributed by atoms with Crippen LogP contribution in [0.1, 0.15) is 52.7 Å². The summed E-state index contributed by atoms with van der Waals surface area (Å²) in [6, 6.07) is 49.2. The van der Waals surface area contributed by atoms with Crippen LogP contribution in [0.3, 0.4) is 0 Å². The molecule has 0 unspecified atom stereocenters. The van der Waals surface area contributed by atoms with Gasteiger partial charge in [-0.25, -0.2) is 8.42 Å². The molecule has 1 heterocycles. The predicted molar refractivity (Wildman–Crippen MR) is 229 cm³/mol. The van der Waals surface area contributed by atoms with E-state index in [1.54, 1.807) is 36.0 Å². The number of ether oxygens (including phenoxy) is 2. The second kappa shape index (κ2) is 19.1. The number of aliphatic hydroxyl groups excluding tert-OH is 1. The molecule has 10 heteroatoms. The number of rotatable bonds is 15. The molecule has 0 saturated carbocycles. The van der Waals surface area contributed by atoms with Gasteiger partial charge in [-0.15, -0.1) is 11.8 Å². The summed E-state index contributed by atoms with van der Waals surface area (Å²) < 4.78 is 42.9. The lowest BCUT2D eigenvalue weighted by Gasteiger charge is -2.41. The summed E-state index contributed by atoms with van der Waals surface area (Å²) in [7, 11) is -3.97. The third kappa shape index (κ3) is 10.5. The molecular weight excluding hydrogens is 765 g/mol. The van der Waals surface area contributed by atoms with E-state index in [0.717, 1.165) is 50.3 Å². The van der Waals surface area contributed by atoms with Crippen molar-refractivity contribution >= 4 is 27.7 Å². The first kappa shape index (κ1) is 41.1. The highest BCUT2D eigenvalue weighted by Gasteiger charge is 2.38. The average molecular weight is 813 g/mol. The number of benzene rings is 6. The van der Waals surface area contributed by atoms with Crippen LogP contribution in [0.15, 0.2) is 168 Å². The molecule has 0 radical (unpaired) electrons. The molecule has 298 valence electrons. The predicted octanol–water partition coefficient (Wildman–Crippen LogP) is 8.94. The summed E-state index contributed by atoms with van der Waals surface area (Å²) in [6.07, 6.45) is -0.757. The van der Waals surface area contributed by atoms with Crippen LogP contribution < -0.4 is 10.0 Å². The number of aliphatic hydroxyl groups is 1. The number of hydrogen-bond donors (Lipinski definition) is 3. The molecular formula is C48H48N2O6S2. The van der Waals surface area contributed by atoms with E-state index in [1.807, 2.05) is 122 Å². The smallest absolute Gasteiger partial charge is 0.241 e. The summed E-state index contributed by atoms with van der Waals surface area (Å²) in [4.78, 5) is 15.0. The highest BCUT2D eigenvalue weighted by atomic mass is 32.2. The van der Waals surface area contributed by atoms with Crippen molar-refractivity contribution in [2.24, 2.45) is 5.92 Å². The third-order valence-electron chi connectivity index (χ3n) is 10.4. The van der Waals surface area contributed by atoms with Gasteiger partial charge >= 0.3 is 0 Å². The Morgan fingerprint density at radius 2 is 1.38 bits per heavy atom. The minimum atomic E-state index is -3.97. The van der Waals surface area contributed by atoms with Crippen molar-refractivity contribution in [2.45, 2.75) is 67.8 Å². The van der Waals surface area contributed by atoms with Gasteiger partial charge in [0, 0.05) is 28.7 Å². The number of nitrogens with one attached hydrogen (secondary N) is 2. The number of sulfonamides is 1. The Bertz CT molecular complexity index is 2380. The van der Waals surface area contributed by atoms with Crippen LogP contribution >= 0.6 is 11.8 Å². The van der Waals surface area contributed by atoms with Crippen molar-refractivity contribution in [3.63, 3.8) is 0 Å². The fourth-order valence-electron chi connectivity index (χ4n) is 7.05. The molecule has 0 bridgehead atoms. The van der Waals surface area contributed by atoms with Crippen LogP contribution in [-0.4, -0.2) is 37.3 Å². The molecule has 0 aromatic heterocycles. The molecule has 1 aliphatic rings. The molecule has 7 rings (SSSR count). The van der Waals surface area contributed by atoms with Crippen molar-refractivity contribution in [3.8, 4) is 11.1 Å². The Hall–Kier alpha value is -5.07. The Labute approximate surface area is 345 Å². The van der Waals surface area contributed by atoms with E-state index in [-0.39, 0.29) is 42.6 Å². The second-order valence-electron chi connectivity index (χ2n) is 14.7. The summed E-state index contributed by atoms with van der Waals surface area (Å²) >= 11 is 1.77. The zero-order chi connectivity index (χ0) is 40.5. The summed E-state index contributed by atoms with van der Waals surface area (Å²) in [6.45, 7) is 4.24. The van der Waals surface area contributed by atoms with Gasteiger partial charge in [0.15, 0.2) is 6.29 Å². The van der Waals surface area contributed by atoms with Crippen molar-refractivity contribution in [2.75, 3.05) is 5.75 Å². The zero-order valence-electron chi connectivity index (χ0n) is 32.5. The molecule has 5 atom stereocenters. The van der Waals surface area contributed by atoms with Gasteiger partial charge in [0.1, 0.15) is 6.04 Å². The quantitative estimate of drug-likeness (QED) is 0.0888. The van der Waals surface area contributed by atoms with Gasteiger partial charge in [-0.2, -0.15) is 4.72 Å². The standard InChI is InChI=1S/C48H48N2O6S2/c1-33-19-25-43(26-20-33)58(53,54)50-44(28-35-11-5-3-6-12-35)47(52)49-30-37-13-9-14-39(27-37)40-15-10-16-41(29-40)48-55-45(32-57-42-17-7-4-8-18-42)34(2)46(56-48)38-23-21-36(31-51)22-24-38/h3-27,29,34,44-46,48,50-51H,28,30-32H2,1-2H3,(H,49,52)/t34-,44-,45+,46+,48+/m1/s1. The van der Waals surface area contributed by atoms with Crippen molar-refractivity contribution < 1.29 is 27.8 Å². The average Bonchev–Trinajstić information content (AvgIpc) is 3.26. The molecule has 3 N–H and O–H groups in total. The molecule has 0 spiro atoms. The maximum absolute atomic E-state index is 13.7. The minimum absolute atomic E-state index is 0.0192. The van der Waals surface area contributed by atoms with Crippen molar-refractivity contribution in [3.05, 3.63) is 191 Å². The molecule has 1 saturated heterocycles. The Morgan fingerprint density at radius 3 is 2.09 bits per heavy atom. The van der Waals surface area contributed by atoms with E-state index < -0.39 is 28.3 Å². The first-order chi connectivity index (χ1) is 28.1. The normalized spacial score (nSPS) is 18.7. The number of amides is 1. The lowest BCUT2D eigenvalue weighted by atomic mass is 9.91. The van der Waals surface area contributed by atoms with Gasteiger partial charge in [0.05, 0.1) is 23.7 Å². The van der Waals surface area contributed by atoms with Crippen LogP contribution in [0, 0.1) is 12.8 Å². The molecule has 6 aromatic rings. The van der Waals surface area contributed by atoms with Crippen LogP contribution in [0.5, 0.6) is 0 Å². The fourth-order valence-corrected chi connectivity index (χ4v) is 9.34. The lowest BCUT2D eigenvalue weighted by Crippen LogP contribution is -2.47. The van der Waals surface area contributed by atoms with Crippen LogP contribution in [-0.2, 0) is 43.9 Å². The van der Waals surface area contributed by atoms with Gasteiger partial charge in [-0.05, 0) is 83.1 Å². The van der Waals surface area contributed by atoms with E-state index in [9.17, 15) is 18.3 Å². The molecule has 1 amide bonds. The van der Waals surface area contributed by atoms with Gasteiger partial charge in [-0.1, -0.05) is 134 Å². The Morgan fingerprint density at radius 1 is 0.724 bits per heavy atom. The van der Waals surface area contributed by atoms with Gasteiger partial charge in [0.25, 0.3) is 0 Å². The number of hydrogen-bond acceptors (Lipinski definition) is 7. The monoisotopic (exact) mass is 812 g/mol. The second-order valence-corrected chi connectivity index (χ2v) is 17.5. The number of thioether (sulfide) groups is 1. The third-order valence-corrected chi connectivity index (χ3v) is 13.0. The SMILES string of the molecule is Cc1ccc(S(=O)(=O)N[C@H](Cc2ccccc2)C(=O)NCc2cccc(-c3cccc([C@H]4O[C@@H](CSc5ccccc5)[C@@H](C)[C@@H](c5ccc(CO)cc5)O4)c3)c2)cc1. The summed E-state index contributed by atoms with van der Waals surface area (Å²) in [5.41, 5.74) is 7.32. The highest BCUT2D eigenvalue weighted by molar-refractivity contribution is 7.99. The number of carbonyl (C=O) groups is 1. The minimum Gasteiger partial charge on any atom is -0.392 e. The summed E-state index contributed by atoms with van der Waals surface area (Å²) in [5, 5.41) is 12.6. The first-order valence-electron chi connectivity index (χ1n) is 19.4. The largest absolute Gasteiger partial charge is 0.392 e. The number of aryl methyl sites for hydroxylation is 1. The van der Waals surface area contributed by atoms with Crippen LogP contribution in [0.4, 0.5) is 0 Å². The fraction of sp³-hybridized carbons (Fsp3) is 0.229. The van der Waals surface area contributed by atoms with Gasteiger partial charge < -0.3 is 19.9 Å². The molecule has 8 nitrogen and oxygen atoms in total. The molecule has 1 aliphatic heterocycles. The highest BCUT2D eigenvalue weighted by Crippen LogP contribution is 2.43. The maximum Gasteiger partial charge on any atom is 0.241 e. The van der Waals surface area contributed by atoms with E-state index in [4.69, 9.17) is 9.47 Å². The van der Waals surface area contributed by atoms with Gasteiger partial charge in [-0.3, -0.25) is 4.79 Å². The topological polar surface area (TPSA) is 114 Å². The summed E-state index contributed by atoms with van der Waals surface area (Å²) in [5.74, 6) is 0.393. The van der Waals surface area contributed by atoms with E-state index in [2.05, 4.69) is 35.2 Å². The van der Waals surface area contributed by atoms with Crippen LogP contribution in [0.25, 0.3) is 11.1 Å².